The average molecular weight is 313 g/mol. The van der Waals surface area contributed by atoms with Crippen molar-refractivity contribution in [2.45, 2.75) is 25.5 Å². The summed E-state index contributed by atoms with van der Waals surface area (Å²) in [4.78, 5) is 2.46. The zero-order valence-corrected chi connectivity index (χ0v) is 13.8. The third-order valence-corrected chi connectivity index (χ3v) is 4.25. The largest absolute Gasteiger partial charge is 0.495 e. The van der Waals surface area contributed by atoms with Gasteiger partial charge in [-0.25, -0.2) is 0 Å². The summed E-state index contributed by atoms with van der Waals surface area (Å²) < 4.78 is 11.3. The van der Waals surface area contributed by atoms with E-state index in [9.17, 15) is 0 Å². The molecule has 1 aromatic carbocycles. The van der Waals surface area contributed by atoms with Crippen LogP contribution >= 0.6 is 11.6 Å². The molecule has 2 unspecified atom stereocenters. The minimum absolute atomic E-state index is 0.135. The van der Waals surface area contributed by atoms with E-state index in [1.807, 2.05) is 25.2 Å². The van der Waals surface area contributed by atoms with Crippen molar-refractivity contribution in [3.05, 3.63) is 28.8 Å². The molecule has 0 radical (unpaired) electrons. The average Bonchev–Trinajstić information content (AvgIpc) is 2.50. The lowest BCUT2D eigenvalue weighted by Gasteiger charge is -2.37. The number of nitrogens with one attached hydrogen (secondary N) is 1. The van der Waals surface area contributed by atoms with Crippen molar-refractivity contribution in [3.8, 4) is 5.75 Å². The molecule has 1 N–H and O–H groups in total. The van der Waals surface area contributed by atoms with Crippen molar-refractivity contribution < 1.29 is 9.47 Å². The maximum atomic E-state index is 6.11. The number of nitrogens with zero attached hydrogens (tertiary/aromatic N) is 1. The second kappa shape index (κ2) is 7.99. The fraction of sp³-hybridized carbons (Fsp3) is 0.625. The summed E-state index contributed by atoms with van der Waals surface area (Å²) in [6.45, 7) is 6.09. The molecule has 1 heterocycles. The van der Waals surface area contributed by atoms with Crippen LogP contribution in [0.5, 0.6) is 5.75 Å². The van der Waals surface area contributed by atoms with E-state index in [1.54, 1.807) is 7.11 Å². The second-order valence-corrected chi connectivity index (χ2v) is 5.78. The van der Waals surface area contributed by atoms with Crippen molar-refractivity contribution in [1.82, 2.24) is 10.2 Å². The van der Waals surface area contributed by atoms with Gasteiger partial charge in [-0.05, 0) is 37.7 Å². The Balaban J connectivity index is 2.15. The number of likely N-dealkylation sites (N-methyl/N-ethyl adjacent to an activating group) is 1. The SMILES string of the molecule is CCCN1CCOC(C(NC)c2ccc(Cl)c(OC)c2)C1. The van der Waals surface area contributed by atoms with Gasteiger partial charge in [0.25, 0.3) is 0 Å². The van der Waals surface area contributed by atoms with Gasteiger partial charge >= 0.3 is 0 Å². The molecule has 21 heavy (non-hydrogen) atoms. The second-order valence-electron chi connectivity index (χ2n) is 5.37. The Morgan fingerprint density at radius 3 is 3.00 bits per heavy atom. The molecule has 2 rings (SSSR count). The normalized spacial score (nSPS) is 21.2. The molecule has 0 aliphatic carbocycles. The quantitative estimate of drug-likeness (QED) is 0.876. The predicted octanol–water partition coefficient (Wildman–Crippen LogP) is 2.72. The van der Waals surface area contributed by atoms with Crippen LogP contribution in [-0.4, -0.2) is 51.4 Å². The zero-order valence-electron chi connectivity index (χ0n) is 13.1. The lowest BCUT2D eigenvalue weighted by molar-refractivity contribution is -0.0459. The fourth-order valence-electron chi connectivity index (χ4n) is 2.89. The van der Waals surface area contributed by atoms with E-state index in [-0.39, 0.29) is 12.1 Å². The van der Waals surface area contributed by atoms with Gasteiger partial charge in [-0.3, -0.25) is 4.90 Å². The molecule has 4 nitrogen and oxygen atoms in total. The van der Waals surface area contributed by atoms with Crippen LogP contribution in [-0.2, 0) is 4.74 Å². The van der Waals surface area contributed by atoms with Crippen LogP contribution in [0.4, 0.5) is 0 Å². The van der Waals surface area contributed by atoms with Gasteiger partial charge in [-0.15, -0.1) is 0 Å². The summed E-state index contributed by atoms with van der Waals surface area (Å²) in [5, 5.41) is 4.00. The third-order valence-electron chi connectivity index (χ3n) is 3.93. The van der Waals surface area contributed by atoms with E-state index in [2.05, 4.69) is 17.1 Å². The van der Waals surface area contributed by atoms with Crippen LogP contribution in [0, 0.1) is 0 Å². The van der Waals surface area contributed by atoms with Crippen molar-refractivity contribution in [2.24, 2.45) is 0 Å². The highest BCUT2D eigenvalue weighted by Crippen LogP contribution is 2.30. The summed E-state index contributed by atoms with van der Waals surface area (Å²) in [5.41, 5.74) is 1.14. The molecule has 1 aliphatic rings. The molecule has 1 saturated heterocycles. The van der Waals surface area contributed by atoms with E-state index in [4.69, 9.17) is 21.1 Å². The molecule has 0 amide bonds. The lowest BCUT2D eigenvalue weighted by atomic mass is 9.99. The summed E-state index contributed by atoms with van der Waals surface area (Å²) in [6, 6.07) is 6.04. The van der Waals surface area contributed by atoms with Crippen LogP contribution < -0.4 is 10.1 Å². The molecule has 1 aromatic rings. The lowest BCUT2D eigenvalue weighted by Crippen LogP contribution is -2.47. The fourth-order valence-corrected chi connectivity index (χ4v) is 3.08. The highest BCUT2D eigenvalue weighted by atomic mass is 35.5. The maximum Gasteiger partial charge on any atom is 0.137 e. The molecule has 0 bridgehead atoms. The van der Waals surface area contributed by atoms with E-state index >= 15 is 0 Å². The van der Waals surface area contributed by atoms with Crippen molar-refractivity contribution >= 4 is 11.6 Å². The number of methoxy groups -OCH3 is 1. The molecular formula is C16H25ClN2O2. The zero-order chi connectivity index (χ0) is 15.2. The number of ether oxygens (including phenoxy) is 2. The van der Waals surface area contributed by atoms with Gasteiger partial charge in [-0.1, -0.05) is 24.6 Å². The van der Waals surface area contributed by atoms with Crippen LogP contribution in [0.15, 0.2) is 18.2 Å². The number of hydrogen-bond donors (Lipinski definition) is 1. The molecule has 5 heteroatoms. The van der Waals surface area contributed by atoms with E-state index < -0.39 is 0 Å². The van der Waals surface area contributed by atoms with Crippen molar-refractivity contribution in [1.29, 1.82) is 0 Å². The van der Waals surface area contributed by atoms with Crippen LogP contribution in [0.25, 0.3) is 0 Å². The molecule has 0 saturated carbocycles. The Hall–Kier alpha value is -0.810. The first-order chi connectivity index (χ1) is 10.2. The Labute approximate surface area is 132 Å². The maximum absolute atomic E-state index is 6.11. The molecule has 118 valence electrons. The van der Waals surface area contributed by atoms with Gasteiger partial charge in [0.05, 0.1) is 30.9 Å². The first-order valence-corrected chi connectivity index (χ1v) is 7.92. The smallest absolute Gasteiger partial charge is 0.137 e. The molecule has 0 aromatic heterocycles. The Bertz CT molecular complexity index is 454. The van der Waals surface area contributed by atoms with E-state index in [0.717, 1.165) is 31.8 Å². The highest BCUT2D eigenvalue weighted by Gasteiger charge is 2.28. The van der Waals surface area contributed by atoms with Crippen molar-refractivity contribution in [3.63, 3.8) is 0 Å². The Kier molecular flexibility index (Phi) is 6.30. The number of halogens is 1. The summed E-state index contributed by atoms with van der Waals surface area (Å²) in [5.74, 6) is 0.704. The minimum Gasteiger partial charge on any atom is -0.495 e. The molecule has 1 aliphatic heterocycles. The molecule has 1 fully saturated rings. The molecule has 2 atom stereocenters. The first-order valence-electron chi connectivity index (χ1n) is 7.54. The summed E-state index contributed by atoms with van der Waals surface area (Å²) in [7, 11) is 3.60. The van der Waals surface area contributed by atoms with Gasteiger partial charge in [0.2, 0.25) is 0 Å². The number of benzene rings is 1. The first kappa shape index (κ1) is 16.6. The number of hydrogen-bond acceptors (Lipinski definition) is 4. The minimum atomic E-state index is 0.135. The Morgan fingerprint density at radius 2 is 2.33 bits per heavy atom. The summed E-state index contributed by atoms with van der Waals surface area (Å²) >= 11 is 6.11. The van der Waals surface area contributed by atoms with Crippen molar-refractivity contribution in [2.75, 3.05) is 40.4 Å². The Morgan fingerprint density at radius 1 is 1.52 bits per heavy atom. The number of rotatable bonds is 6. The van der Waals surface area contributed by atoms with Gasteiger partial charge in [-0.2, -0.15) is 0 Å². The van der Waals surface area contributed by atoms with Crippen LogP contribution in [0.3, 0.4) is 0 Å². The molecular weight excluding hydrogens is 288 g/mol. The monoisotopic (exact) mass is 312 g/mol. The highest BCUT2D eigenvalue weighted by molar-refractivity contribution is 6.32. The topological polar surface area (TPSA) is 33.7 Å². The van der Waals surface area contributed by atoms with E-state index in [1.165, 1.54) is 6.42 Å². The summed E-state index contributed by atoms with van der Waals surface area (Å²) in [6.07, 6.45) is 1.31. The standard InChI is InChI=1S/C16H25ClN2O2/c1-4-7-19-8-9-21-15(11-19)16(18-2)12-5-6-13(17)14(10-12)20-3/h5-6,10,15-16,18H,4,7-9,11H2,1-3H3. The predicted molar refractivity (Wildman–Crippen MR) is 86.3 cm³/mol. The number of morpholine rings is 1. The van der Waals surface area contributed by atoms with Gasteiger partial charge in [0, 0.05) is 13.1 Å². The third kappa shape index (κ3) is 4.10. The van der Waals surface area contributed by atoms with Gasteiger partial charge < -0.3 is 14.8 Å². The van der Waals surface area contributed by atoms with Crippen LogP contribution in [0.1, 0.15) is 24.9 Å². The van der Waals surface area contributed by atoms with Gasteiger partial charge in [0.15, 0.2) is 0 Å². The van der Waals surface area contributed by atoms with E-state index in [0.29, 0.717) is 10.8 Å². The molecule has 0 spiro atoms. The van der Waals surface area contributed by atoms with Crippen LogP contribution in [0.2, 0.25) is 5.02 Å². The van der Waals surface area contributed by atoms with Gasteiger partial charge in [0.1, 0.15) is 5.75 Å².